The minimum Gasteiger partial charge on any atom is -0.387 e. The van der Waals surface area contributed by atoms with Crippen molar-refractivity contribution >= 4 is 21.8 Å². The molecule has 1 aromatic heterocycles. The third kappa shape index (κ3) is 3.12. The van der Waals surface area contributed by atoms with Crippen molar-refractivity contribution in [1.82, 2.24) is 9.88 Å². The van der Waals surface area contributed by atoms with Crippen LogP contribution in [0.2, 0.25) is 0 Å². The molecule has 0 bridgehead atoms. The summed E-state index contributed by atoms with van der Waals surface area (Å²) in [6, 6.07) is 25.0. The van der Waals surface area contributed by atoms with Gasteiger partial charge in [-0.3, -0.25) is 0 Å². The maximum absolute atomic E-state index is 10.3. The van der Waals surface area contributed by atoms with Gasteiger partial charge in [-0.05, 0) is 36.2 Å². The molecule has 0 fully saturated rings. The van der Waals surface area contributed by atoms with Crippen molar-refractivity contribution in [1.29, 1.82) is 0 Å². The second-order valence-corrected chi connectivity index (χ2v) is 6.67. The van der Waals surface area contributed by atoms with Gasteiger partial charge in [0.05, 0.1) is 6.10 Å². The molecule has 0 radical (unpaired) electrons. The lowest BCUT2D eigenvalue weighted by Gasteiger charge is -2.12. The number of benzene rings is 3. The molecular formula is C23H24N2O. The van der Waals surface area contributed by atoms with Crippen LogP contribution in [0, 0.1) is 0 Å². The molecule has 132 valence electrons. The third-order valence-electron chi connectivity index (χ3n) is 5.00. The van der Waals surface area contributed by atoms with Crippen molar-refractivity contribution in [3.8, 4) is 0 Å². The maximum atomic E-state index is 10.3. The molecule has 26 heavy (non-hydrogen) atoms. The van der Waals surface area contributed by atoms with E-state index in [2.05, 4.69) is 59.3 Å². The number of aliphatic hydroxyl groups is 1. The van der Waals surface area contributed by atoms with E-state index in [1.165, 1.54) is 27.4 Å². The van der Waals surface area contributed by atoms with E-state index in [-0.39, 0.29) is 0 Å². The SMILES string of the molecule is CCn1c2ccccc2c2cc(CNCC(O)c3ccccc3)ccc21. The predicted molar refractivity (Wildman–Crippen MR) is 108 cm³/mol. The van der Waals surface area contributed by atoms with Crippen molar-refractivity contribution in [3.63, 3.8) is 0 Å². The average molecular weight is 344 g/mol. The Morgan fingerprint density at radius 3 is 2.42 bits per heavy atom. The first kappa shape index (κ1) is 16.8. The molecule has 3 nitrogen and oxygen atoms in total. The molecule has 2 N–H and O–H groups in total. The number of aliphatic hydroxyl groups excluding tert-OH is 1. The lowest BCUT2D eigenvalue weighted by molar-refractivity contribution is 0.174. The van der Waals surface area contributed by atoms with Gasteiger partial charge < -0.3 is 15.0 Å². The van der Waals surface area contributed by atoms with E-state index in [0.29, 0.717) is 6.54 Å². The van der Waals surface area contributed by atoms with Crippen molar-refractivity contribution in [3.05, 3.63) is 83.9 Å². The van der Waals surface area contributed by atoms with E-state index in [1.807, 2.05) is 30.3 Å². The van der Waals surface area contributed by atoms with E-state index >= 15 is 0 Å². The summed E-state index contributed by atoms with van der Waals surface area (Å²) in [6.45, 7) is 4.43. The van der Waals surface area contributed by atoms with E-state index in [0.717, 1.165) is 18.7 Å². The van der Waals surface area contributed by atoms with Gasteiger partial charge >= 0.3 is 0 Å². The third-order valence-corrected chi connectivity index (χ3v) is 5.00. The second-order valence-electron chi connectivity index (χ2n) is 6.67. The summed E-state index contributed by atoms with van der Waals surface area (Å²) in [5.74, 6) is 0. The van der Waals surface area contributed by atoms with Crippen molar-refractivity contribution in [2.24, 2.45) is 0 Å². The topological polar surface area (TPSA) is 37.2 Å². The number of aryl methyl sites for hydroxylation is 1. The van der Waals surface area contributed by atoms with Gasteiger partial charge in [0.1, 0.15) is 0 Å². The minimum absolute atomic E-state index is 0.484. The van der Waals surface area contributed by atoms with Gasteiger partial charge in [-0.25, -0.2) is 0 Å². The maximum Gasteiger partial charge on any atom is 0.0914 e. The predicted octanol–water partition coefficient (Wildman–Crippen LogP) is 4.64. The molecule has 4 aromatic rings. The van der Waals surface area contributed by atoms with Crippen LogP contribution in [0.15, 0.2) is 72.8 Å². The number of para-hydroxylation sites is 1. The fourth-order valence-corrected chi connectivity index (χ4v) is 3.70. The molecule has 3 aromatic carbocycles. The molecule has 0 aliphatic heterocycles. The van der Waals surface area contributed by atoms with E-state index in [9.17, 15) is 5.11 Å². The average Bonchev–Trinajstić information content (AvgIpc) is 3.01. The summed E-state index contributed by atoms with van der Waals surface area (Å²) in [6.07, 6.45) is -0.484. The van der Waals surface area contributed by atoms with Gasteiger partial charge in [0.15, 0.2) is 0 Å². The molecule has 0 saturated carbocycles. The van der Waals surface area contributed by atoms with Crippen LogP contribution in [-0.4, -0.2) is 16.2 Å². The number of hydrogen-bond donors (Lipinski definition) is 2. The molecule has 0 aliphatic rings. The van der Waals surface area contributed by atoms with Gasteiger partial charge in [0, 0.05) is 41.4 Å². The molecule has 3 heteroatoms. The smallest absolute Gasteiger partial charge is 0.0914 e. The molecule has 0 aliphatic carbocycles. The Balaban J connectivity index is 1.53. The van der Waals surface area contributed by atoms with Crippen LogP contribution in [-0.2, 0) is 13.1 Å². The Kier molecular flexibility index (Phi) is 4.74. The van der Waals surface area contributed by atoms with E-state index in [1.54, 1.807) is 0 Å². The monoisotopic (exact) mass is 344 g/mol. The molecule has 1 unspecified atom stereocenters. The highest BCUT2D eigenvalue weighted by Gasteiger charge is 2.10. The highest BCUT2D eigenvalue weighted by Crippen LogP contribution is 2.29. The molecule has 1 atom stereocenters. The highest BCUT2D eigenvalue weighted by molar-refractivity contribution is 6.08. The lowest BCUT2D eigenvalue weighted by Crippen LogP contribution is -2.21. The fourth-order valence-electron chi connectivity index (χ4n) is 3.70. The Morgan fingerprint density at radius 1 is 0.885 bits per heavy atom. The first-order valence-corrected chi connectivity index (χ1v) is 9.21. The zero-order valence-corrected chi connectivity index (χ0v) is 15.0. The summed E-state index contributed by atoms with van der Waals surface area (Å²) >= 11 is 0. The standard InChI is InChI=1S/C23H24N2O/c1-2-25-21-11-7-6-10-19(21)20-14-17(12-13-22(20)25)15-24-16-23(26)18-8-4-3-5-9-18/h3-14,23-24,26H,2,15-16H2,1H3. The van der Waals surface area contributed by atoms with Gasteiger partial charge in [0.25, 0.3) is 0 Å². The summed E-state index contributed by atoms with van der Waals surface area (Å²) < 4.78 is 2.36. The Labute approximate surface area is 153 Å². The van der Waals surface area contributed by atoms with E-state index < -0.39 is 6.10 Å². The van der Waals surface area contributed by atoms with Gasteiger partial charge in [-0.2, -0.15) is 0 Å². The molecule has 1 heterocycles. The summed E-state index contributed by atoms with van der Waals surface area (Å²) in [5.41, 5.74) is 4.75. The number of rotatable bonds is 6. The van der Waals surface area contributed by atoms with Crippen LogP contribution >= 0.6 is 0 Å². The summed E-state index contributed by atoms with van der Waals surface area (Å²) in [5, 5.41) is 16.3. The molecule has 0 spiro atoms. The molecule has 0 saturated heterocycles. The van der Waals surface area contributed by atoms with Gasteiger partial charge in [-0.1, -0.05) is 54.6 Å². The summed E-state index contributed by atoms with van der Waals surface area (Å²) in [7, 11) is 0. The largest absolute Gasteiger partial charge is 0.387 e. The van der Waals surface area contributed by atoms with Gasteiger partial charge in [0.2, 0.25) is 0 Å². The normalized spacial score (nSPS) is 12.7. The molecule has 4 rings (SSSR count). The first-order chi connectivity index (χ1) is 12.8. The second kappa shape index (κ2) is 7.32. The van der Waals surface area contributed by atoms with Crippen LogP contribution in [0.5, 0.6) is 0 Å². The van der Waals surface area contributed by atoms with Gasteiger partial charge in [-0.15, -0.1) is 0 Å². The van der Waals surface area contributed by atoms with Crippen LogP contribution in [0.3, 0.4) is 0 Å². The van der Waals surface area contributed by atoms with Crippen LogP contribution in [0.25, 0.3) is 21.8 Å². The highest BCUT2D eigenvalue weighted by atomic mass is 16.3. The number of fused-ring (bicyclic) bond motifs is 3. The zero-order chi connectivity index (χ0) is 17.9. The van der Waals surface area contributed by atoms with E-state index in [4.69, 9.17) is 0 Å². The van der Waals surface area contributed by atoms with Crippen LogP contribution < -0.4 is 5.32 Å². The number of aromatic nitrogens is 1. The van der Waals surface area contributed by atoms with Crippen molar-refractivity contribution < 1.29 is 5.11 Å². The summed E-state index contributed by atoms with van der Waals surface area (Å²) in [4.78, 5) is 0. The van der Waals surface area contributed by atoms with Crippen LogP contribution in [0.4, 0.5) is 0 Å². The zero-order valence-electron chi connectivity index (χ0n) is 15.0. The fraction of sp³-hybridized carbons (Fsp3) is 0.217. The quantitative estimate of drug-likeness (QED) is 0.535. The molecular weight excluding hydrogens is 320 g/mol. The minimum atomic E-state index is -0.484. The molecule has 0 amide bonds. The van der Waals surface area contributed by atoms with Crippen molar-refractivity contribution in [2.45, 2.75) is 26.1 Å². The number of nitrogens with zero attached hydrogens (tertiary/aromatic N) is 1. The Bertz CT molecular complexity index is 1020. The lowest BCUT2D eigenvalue weighted by atomic mass is 10.1. The first-order valence-electron chi connectivity index (χ1n) is 9.21. The van der Waals surface area contributed by atoms with Crippen molar-refractivity contribution in [2.75, 3.05) is 6.54 Å². The Morgan fingerprint density at radius 2 is 1.62 bits per heavy atom. The Hall–Kier alpha value is -2.62. The number of hydrogen-bond acceptors (Lipinski definition) is 2. The number of nitrogens with one attached hydrogen (secondary N) is 1. The van der Waals surface area contributed by atoms with Crippen LogP contribution in [0.1, 0.15) is 24.2 Å².